The fourth-order valence-corrected chi connectivity index (χ4v) is 1.78. The molecule has 0 fully saturated rings. The van der Waals surface area contributed by atoms with Gasteiger partial charge in [0.05, 0.1) is 12.2 Å². The van der Waals surface area contributed by atoms with Gasteiger partial charge in [0, 0.05) is 17.6 Å². The minimum atomic E-state index is -0.0565. The van der Waals surface area contributed by atoms with E-state index in [1.807, 2.05) is 25.1 Å². The van der Waals surface area contributed by atoms with Crippen LogP contribution in [0.1, 0.15) is 17.3 Å². The number of hydrogen-bond acceptors (Lipinski definition) is 2. The van der Waals surface area contributed by atoms with Crippen LogP contribution in [0.3, 0.4) is 0 Å². The average molecular weight is 272 g/mol. The normalized spacial score (nSPS) is 10.1. The Kier molecular flexibility index (Phi) is 4.78. The number of carbonyl (C=O) groups is 1. The highest BCUT2D eigenvalue weighted by molar-refractivity contribution is 9.10. The van der Waals surface area contributed by atoms with E-state index in [0.717, 1.165) is 4.47 Å². The van der Waals surface area contributed by atoms with E-state index in [9.17, 15) is 4.79 Å². The van der Waals surface area contributed by atoms with Crippen LogP contribution in [-0.4, -0.2) is 35.6 Å². The summed E-state index contributed by atoms with van der Waals surface area (Å²) in [7, 11) is 0. The lowest BCUT2D eigenvalue weighted by atomic mass is 10.2. The van der Waals surface area contributed by atoms with Crippen LogP contribution in [0.5, 0.6) is 0 Å². The van der Waals surface area contributed by atoms with Crippen LogP contribution in [0.2, 0.25) is 0 Å². The highest BCUT2D eigenvalue weighted by Crippen LogP contribution is 2.17. The fourth-order valence-electron chi connectivity index (χ4n) is 1.33. The van der Waals surface area contributed by atoms with Crippen LogP contribution in [0.25, 0.3) is 0 Å². The SMILES string of the molecule is CCN(CCO)C(=O)c1ccccc1Br. The molecule has 0 unspecified atom stereocenters. The Morgan fingerprint density at radius 3 is 2.67 bits per heavy atom. The molecule has 0 aliphatic rings. The first-order valence-corrected chi connectivity index (χ1v) is 5.64. The highest BCUT2D eigenvalue weighted by Gasteiger charge is 2.15. The summed E-state index contributed by atoms with van der Waals surface area (Å²) in [6, 6.07) is 7.29. The van der Waals surface area contributed by atoms with Crippen LogP contribution in [0.15, 0.2) is 28.7 Å². The molecule has 82 valence electrons. The third kappa shape index (κ3) is 3.04. The zero-order valence-corrected chi connectivity index (χ0v) is 10.2. The Labute approximate surface area is 97.8 Å². The number of aliphatic hydroxyl groups is 1. The minimum Gasteiger partial charge on any atom is -0.395 e. The van der Waals surface area contributed by atoms with Crippen molar-refractivity contribution in [3.63, 3.8) is 0 Å². The number of benzene rings is 1. The van der Waals surface area contributed by atoms with Crippen molar-refractivity contribution in [1.82, 2.24) is 4.90 Å². The standard InChI is InChI=1S/C11H14BrNO2/c1-2-13(7-8-14)11(15)9-5-3-4-6-10(9)12/h3-6,14H,2,7-8H2,1H3. The summed E-state index contributed by atoms with van der Waals surface area (Å²) >= 11 is 3.34. The first-order chi connectivity index (χ1) is 7.20. The lowest BCUT2D eigenvalue weighted by Gasteiger charge is -2.20. The molecule has 4 heteroatoms. The van der Waals surface area contributed by atoms with E-state index < -0.39 is 0 Å². The van der Waals surface area contributed by atoms with Crippen LogP contribution >= 0.6 is 15.9 Å². The molecule has 3 nitrogen and oxygen atoms in total. The molecule has 0 saturated carbocycles. The van der Waals surface area contributed by atoms with Crippen LogP contribution < -0.4 is 0 Å². The highest BCUT2D eigenvalue weighted by atomic mass is 79.9. The van der Waals surface area contributed by atoms with E-state index in [0.29, 0.717) is 18.7 Å². The van der Waals surface area contributed by atoms with Crippen molar-refractivity contribution in [2.24, 2.45) is 0 Å². The van der Waals surface area contributed by atoms with Gasteiger partial charge in [0.2, 0.25) is 0 Å². The first kappa shape index (κ1) is 12.2. The molecule has 0 heterocycles. The van der Waals surface area contributed by atoms with Crippen molar-refractivity contribution in [3.8, 4) is 0 Å². The van der Waals surface area contributed by atoms with Gasteiger partial charge in [-0.05, 0) is 35.0 Å². The number of likely N-dealkylation sites (N-methyl/N-ethyl adjacent to an activating group) is 1. The molecule has 0 radical (unpaired) electrons. The molecular formula is C11H14BrNO2. The maximum Gasteiger partial charge on any atom is 0.255 e. The van der Waals surface area contributed by atoms with Crippen LogP contribution in [0.4, 0.5) is 0 Å². The third-order valence-electron chi connectivity index (χ3n) is 2.14. The second-order valence-corrected chi connectivity index (χ2v) is 3.94. The van der Waals surface area contributed by atoms with Gasteiger partial charge >= 0.3 is 0 Å². The zero-order chi connectivity index (χ0) is 11.3. The van der Waals surface area contributed by atoms with Crippen molar-refractivity contribution in [1.29, 1.82) is 0 Å². The average Bonchev–Trinajstić information content (AvgIpc) is 2.25. The molecule has 0 bridgehead atoms. The molecule has 1 N–H and O–H groups in total. The lowest BCUT2D eigenvalue weighted by Crippen LogP contribution is -2.33. The molecule has 15 heavy (non-hydrogen) atoms. The number of nitrogens with zero attached hydrogens (tertiary/aromatic N) is 1. The Balaban J connectivity index is 2.88. The monoisotopic (exact) mass is 271 g/mol. The maximum atomic E-state index is 12.0. The molecule has 0 aliphatic heterocycles. The van der Waals surface area contributed by atoms with Gasteiger partial charge in [-0.2, -0.15) is 0 Å². The van der Waals surface area contributed by atoms with E-state index in [1.165, 1.54) is 0 Å². The molecule has 0 atom stereocenters. The van der Waals surface area contributed by atoms with E-state index in [2.05, 4.69) is 15.9 Å². The Bertz CT molecular complexity index is 341. The smallest absolute Gasteiger partial charge is 0.255 e. The third-order valence-corrected chi connectivity index (χ3v) is 2.83. The number of rotatable bonds is 4. The fraction of sp³-hybridized carbons (Fsp3) is 0.364. The molecular weight excluding hydrogens is 258 g/mol. The van der Waals surface area contributed by atoms with Gasteiger partial charge in [-0.1, -0.05) is 12.1 Å². The van der Waals surface area contributed by atoms with Gasteiger partial charge in [-0.15, -0.1) is 0 Å². The maximum absolute atomic E-state index is 12.0. The predicted molar refractivity (Wildman–Crippen MR) is 62.8 cm³/mol. The van der Waals surface area contributed by atoms with Gasteiger partial charge in [0.1, 0.15) is 0 Å². The van der Waals surface area contributed by atoms with E-state index in [4.69, 9.17) is 5.11 Å². The lowest BCUT2D eigenvalue weighted by molar-refractivity contribution is 0.0731. The molecule has 0 aromatic heterocycles. The van der Waals surface area contributed by atoms with E-state index in [-0.39, 0.29) is 12.5 Å². The summed E-state index contributed by atoms with van der Waals surface area (Å²) in [6.45, 7) is 2.85. The van der Waals surface area contributed by atoms with Gasteiger partial charge in [0.25, 0.3) is 5.91 Å². The molecule has 0 aliphatic carbocycles. The molecule has 1 amide bonds. The van der Waals surface area contributed by atoms with E-state index in [1.54, 1.807) is 11.0 Å². The number of carbonyl (C=O) groups excluding carboxylic acids is 1. The van der Waals surface area contributed by atoms with Crippen LogP contribution in [-0.2, 0) is 0 Å². The summed E-state index contributed by atoms with van der Waals surface area (Å²) < 4.78 is 0.784. The molecule has 0 spiro atoms. The Morgan fingerprint density at radius 2 is 2.13 bits per heavy atom. The molecule has 0 saturated heterocycles. The summed E-state index contributed by atoms with van der Waals surface area (Å²) in [4.78, 5) is 13.6. The van der Waals surface area contributed by atoms with Crippen LogP contribution in [0, 0.1) is 0 Å². The van der Waals surface area contributed by atoms with Gasteiger partial charge in [0.15, 0.2) is 0 Å². The second kappa shape index (κ2) is 5.88. The summed E-state index contributed by atoms with van der Waals surface area (Å²) in [6.07, 6.45) is 0. The number of halogens is 1. The number of aliphatic hydroxyl groups excluding tert-OH is 1. The summed E-state index contributed by atoms with van der Waals surface area (Å²) in [5.74, 6) is -0.0565. The molecule has 1 aromatic carbocycles. The van der Waals surface area contributed by atoms with Crippen molar-refractivity contribution in [3.05, 3.63) is 34.3 Å². The summed E-state index contributed by atoms with van der Waals surface area (Å²) in [5.41, 5.74) is 0.632. The van der Waals surface area contributed by atoms with Crippen molar-refractivity contribution < 1.29 is 9.90 Å². The van der Waals surface area contributed by atoms with Gasteiger partial charge in [-0.25, -0.2) is 0 Å². The van der Waals surface area contributed by atoms with Crippen molar-refractivity contribution in [2.45, 2.75) is 6.92 Å². The van der Waals surface area contributed by atoms with Gasteiger partial charge in [-0.3, -0.25) is 4.79 Å². The Hall–Kier alpha value is -0.870. The number of amides is 1. The quantitative estimate of drug-likeness (QED) is 0.909. The Morgan fingerprint density at radius 1 is 1.47 bits per heavy atom. The zero-order valence-electron chi connectivity index (χ0n) is 8.61. The van der Waals surface area contributed by atoms with Gasteiger partial charge < -0.3 is 10.0 Å². The molecule has 1 rings (SSSR count). The largest absolute Gasteiger partial charge is 0.395 e. The topological polar surface area (TPSA) is 40.5 Å². The second-order valence-electron chi connectivity index (χ2n) is 3.09. The molecule has 1 aromatic rings. The van der Waals surface area contributed by atoms with Crippen molar-refractivity contribution in [2.75, 3.05) is 19.7 Å². The first-order valence-electron chi connectivity index (χ1n) is 4.85. The summed E-state index contributed by atoms with van der Waals surface area (Å²) in [5, 5.41) is 8.83. The minimum absolute atomic E-state index is 0.00989. The van der Waals surface area contributed by atoms with E-state index >= 15 is 0 Å². The predicted octanol–water partition coefficient (Wildman–Crippen LogP) is 1.90. The number of hydrogen-bond donors (Lipinski definition) is 1. The van der Waals surface area contributed by atoms with Crippen molar-refractivity contribution >= 4 is 21.8 Å².